The van der Waals surface area contributed by atoms with Crippen molar-refractivity contribution in [2.45, 2.75) is 59.2 Å². The monoisotopic (exact) mass is 310 g/mol. The molecule has 5 heteroatoms. The lowest BCUT2D eigenvalue weighted by Crippen LogP contribution is -2.68. The average molecular weight is 310 g/mol. The van der Waals surface area contributed by atoms with E-state index in [9.17, 15) is 14.7 Å². The highest BCUT2D eigenvalue weighted by Crippen LogP contribution is 2.68. The van der Waals surface area contributed by atoms with Gasteiger partial charge in [0.25, 0.3) is 0 Å². The van der Waals surface area contributed by atoms with Crippen molar-refractivity contribution >= 4 is 11.9 Å². The molecule has 3 rings (SSSR count). The van der Waals surface area contributed by atoms with Crippen LogP contribution < -0.4 is 0 Å². The minimum absolute atomic E-state index is 0.103. The van der Waals surface area contributed by atoms with Gasteiger partial charge in [-0.05, 0) is 31.1 Å². The summed E-state index contributed by atoms with van der Waals surface area (Å²) in [6.07, 6.45) is 0.895. The van der Waals surface area contributed by atoms with Crippen LogP contribution in [0.2, 0.25) is 0 Å². The van der Waals surface area contributed by atoms with E-state index in [-0.39, 0.29) is 47.8 Å². The van der Waals surface area contributed by atoms with Crippen molar-refractivity contribution in [1.82, 2.24) is 0 Å². The molecule has 1 aliphatic heterocycles. The Morgan fingerprint density at radius 3 is 2.59 bits per heavy atom. The van der Waals surface area contributed by atoms with Crippen LogP contribution in [0.15, 0.2) is 0 Å². The number of cyclic esters (lactones) is 1. The lowest BCUT2D eigenvalue weighted by Gasteiger charge is -2.56. The fourth-order valence-electron chi connectivity index (χ4n) is 5.81. The zero-order valence-corrected chi connectivity index (χ0v) is 14.0. The molecule has 124 valence electrons. The van der Waals surface area contributed by atoms with Gasteiger partial charge in [-0.3, -0.25) is 9.59 Å². The number of carbonyl (C=O) groups excluding carboxylic acids is 2. The van der Waals surface area contributed by atoms with E-state index in [2.05, 4.69) is 13.8 Å². The third-order valence-electron chi connectivity index (χ3n) is 6.40. The second-order valence-corrected chi connectivity index (χ2v) is 8.37. The van der Waals surface area contributed by atoms with Crippen molar-refractivity contribution in [3.05, 3.63) is 0 Å². The Bertz CT molecular complexity index is 527. The quantitative estimate of drug-likeness (QED) is 0.749. The van der Waals surface area contributed by atoms with Gasteiger partial charge in [0.15, 0.2) is 0 Å². The van der Waals surface area contributed by atoms with E-state index in [1.54, 1.807) is 0 Å². The molecule has 0 radical (unpaired) electrons. The molecule has 0 aromatic heterocycles. The molecular weight excluding hydrogens is 284 g/mol. The first-order valence-corrected chi connectivity index (χ1v) is 8.11. The first-order valence-electron chi connectivity index (χ1n) is 8.11. The van der Waals surface area contributed by atoms with E-state index in [4.69, 9.17) is 9.47 Å². The molecular formula is C17H26O5. The first kappa shape index (κ1) is 15.8. The summed E-state index contributed by atoms with van der Waals surface area (Å²) in [5.74, 6) is -0.872. The Labute approximate surface area is 131 Å². The molecule has 1 N–H and O–H groups in total. The molecule has 0 spiro atoms. The summed E-state index contributed by atoms with van der Waals surface area (Å²) in [7, 11) is 0. The number of aliphatic hydroxyl groups is 1. The van der Waals surface area contributed by atoms with Crippen LogP contribution in [-0.4, -0.2) is 35.4 Å². The molecule has 0 bridgehead atoms. The molecule has 1 saturated heterocycles. The average Bonchev–Trinajstić information content (AvgIpc) is 2.51. The van der Waals surface area contributed by atoms with Crippen molar-refractivity contribution in [2.75, 3.05) is 6.61 Å². The number of rotatable bonds is 1. The maximum Gasteiger partial charge on any atom is 0.314 e. The Morgan fingerprint density at radius 2 is 2.00 bits per heavy atom. The SMILES string of the molecule is CC(=O)OC1CC(C)C2COC(=O)C3(C)CC(C)(C)C1C23O. The number of hydrogen-bond acceptors (Lipinski definition) is 5. The molecule has 0 aromatic carbocycles. The summed E-state index contributed by atoms with van der Waals surface area (Å²) < 4.78 is 11.0. The van der Waals surface area contributed by atoms with Gasteiger partial charge in [0.05, 0.1) is 17.6 Å². The molecule has 3 fully saturated rings. The normalized spacial score (nSPS) is 49.3. The number of esters is 2. The van der Waals surface area contributed by atoms with Gasteiger partial charge in [-0.25, -0.2) is 0 Å². The fraction of sp³-hybridized carbons (Fsp3) is 0.882. The van der Waals surface area contributed by atoms with Crippen molar-refractivity contribution in [1.29, 1.82) is 0 Å². The summed E-state index contributed by atoms with van der Waals surface area (Å²) in [6, 6.07) is 0. The van der Waals surface area contributed by atoms with Crippen LogP contribution in [0.25, 0.3) is 0 Å². The van der Waals surface area contributed by atoms with Crippen molar-refractivity contribution in [3.8, 4) is 0 Å². The van der Waals surface area contributed by atoms with Crippen LogP contribution >= 0.6 is 0 Å². The third kappa shape index (κ3) is 1.75. The van der Waals surface area contributed by atoms with Gasteiger partial charge >= 0.3 is 11.9 Å². The Kier molecular flexibility index (Phi) is 3.20. The molecule has 6 unspecified atom stereocenters. The summed E-state index contributed by atoms with van der Waals surface area (Å²) in [5.41, 5.74) is -2.41. The molecule has 0 amide bonds. The first-order chi connectivity index (χ1) is 10.0. The zero-order valence-electron chi connectivity index (χ0n) is 14.0. The van der Waals surface area contributed by atoms with Crippen LogP contribution in [0.1, 0.15) is 47.5 Å². The van der Waals surface area contributed by atoms with Crippen LogP contribution in [0.3, 0.4) is 0 Å². The minimum Gasteiger partial charge on any atom is -0.465 e. The van der Waals surface area contributed by atoms with Gasteiger partial charge in [0.1, 0.15) is 6.10 Å². The van der Waals surface area contributed by atoms with Crippen LogP contribution in [0.4, 0.5) is 0 Å². The predicted molar refractivity (Wildman–Crippen MR) is 78.7 cm³/mol. The second kappa shape index (κ2) is 4.47. The predicted octanol–water partition coefficient (Wildman–Crippen LogP) is 1.91. The van der Waals surface area contributed by atoms with E-state index < -0.39 is 11.0 Å². The minimum atomic E-state index is -1.18. The maximum atomic E-state index is 12.5. The molecule has 5 nitrogen and oxygen atoms in total. The topological polar surface area (TPSA) is 72.8 Å². The molecule has 2 aliphatic carbocycles. The number of carbonyl (C=O) groups is 2. The van der Waals surface area contributed by atoms with Gasteiger partial charge in [0.2, 0.25) is 0 Å². The van der Waals surface area contributed by atoms with E-state index in [0.29, 0.717) is 12.8 Å². The molecule has 0 aromatic rings. The van der Waals surface area contributed by atoms with Crippen LogP contribution in [0, 0.1) is 28.6 Å². The van der Waals surface area contributed by atoms with Crippen LogP contribution in [0.5, 0.6) is 0 Å². The molecule has 1 heterocycles. The van der Waals surface area contributed by atoms with Gasteiger partial charge in [0, 0.05) is 18.8 Å². The lowest BCUT2D eigenvalue weighted by molar-refractivity contribution is -0.247. The summed E-state index contributed by atoms with van der Waals surface area (Å²) in [5, 5.41) is 11.7. The summed E-state index contributed by atoms with van der Waals surface area (Å²) in [4.78, 5) is 24.0. The number of hydrogen-bond donors (Lipinski definition) is 1. The molecule has 22 heavy (non-hydrogen) atoms. The summed E-state index contributed by atoms with van der Waals surface area (Å²) >= 11 is 0. The Hall–Kier alpha value is -1.10. The fourth-order valence-corrected chi connectivity index (χ4v) is 5.81. The third-order valence-corrected chi connectivity index (χ3v) is 6.40. The van der Waals surface area contributed by atoms with Crippen molar-refractivity contribution < 1.29 is 24.2 Å². The van der Waals surface area contributed by atoms with E-state index >= 15 is 0 Å². The standard InChI is InChI=1S/C17H26O5/c1-9-6-12(22-10(2)18)13-15(3,4)8-16(5)14(19)21-7-11(9)17(13,16)20/h9,11-13,20H,6-8H2,1-5H3. The van der Waals surface area contributed by atoms with Gasteiger partial charge < -0.3 is 14.6 Å². The lowest BCUT2D eigenvalue weighted by atomic mass is 9.54. The zero-order chi connectivity index (χ0) is 16.5. The largest absolute Gasteiger partial charge is 0.465 e. The van der Waals surface area contributed by atoms with Gasteiger partial charge in [-0.15, -0.1) is 0 Å². The van der Waals surface area contributed by atoms with Crippen LogP contribution in [-0.2, 0) is 19.1 Å². The molecule has 3 aliphatic rings. The van der Waals surface area contributed by atoms with Crippen molar-refractivity contribution in [3.63, 3.8) is 0 Å². The highest BCUT2D eigenvalue weighted by molar-refractivity contribution is 5.80. The highest BCUT2D eigenvalue weighted by Gasteiger charge is 2.76. The smallest absolute Gasteiger partial charge is 0.314 e. The van der Waals surface area contributed by atoms with E-state index in [0.717, 1.165) is 0 Å². The molecule has 6 atom stereocenters. The van der Waals surface area contributed by atoms with Gasteiger partial charge in [-0.2, -0.15) is 0 Å². The maximum absolute atomic E-state index is 12.5. The van der Waals surface area contributed by atoms with Crippen molar-refractivity contribution in [2.24, 2.45) is 28.6 Å². The Balaban J connectivity index is 2.14. The van der Waals surface area contributed by atoms with E-state index in [1.165, 1.54) is 6.92 Å². The highest BCUT2D eigenvalue weighted by atomic mass is 16.6. The van der Waals surface area contributed by atoms with E-state index in [1.807, 2.05) is 13.8 Å². The Morgan fingerprint density at radius 1 is 1.36 bits per heavy atom. The number of ether oxygens (including phenoxy) is 2. The summed E-state index contributed by atoms with van der Waals surface area (Å²) in [6.45, 7) is 9.61. The second-order valence-electron chi connectivity index (χ2n) is 8.37. The van der Waals surface area contributed by atoms with Gasteiger partial charge in [-0.1, -0.05) is 20.8 Å². The molecule has 2 saturated carbocycles.